The molecule has 1 atom stereocenters. The molecule has 0 bridgehead atoms. The molecular formula is C20H27NO4. The predicted molar refractivity (Wildman–Crippen MR) is 94.2 cm³/mol. The molecule has 0 aliphatic heterocycles. The van der Waals surface area contributed by atoms with Crippen LogP contribution in [0.4, 0.5) is 0 Å². The molecule has 2 N–H and O–H groups in total. The van der Waals surface area contributed by atoms with Crippen LogP contribution >= 0.6 is 0 Å². The van der Waals surface area contributed by atoms with Gasteiger partial charge in [-0.15, -0.1) is 0 Å². The minimum absolute atomic E-state index is 0.0964. The van der Waals surface area contributed by atoms with E-state index in [4.69, 9.17) is 4.74 Å². The van der Waals surface area contributed by atoms with E-state index in [1.807, 2.05) is 0 Å². The Morgan fingerprint density at radius 3 is 2.76 bits per heavy atom. The maximum absolute atomic E-state index is 12.0. The van der Waals surface area contributed by atoms with Gasteiger partial charge in [0.05, 0.1) is 11.5 Å². The SMILES string of the molecule is O=C(CC1(C(=O)O)CCC1)NCCCOC1CCCc2ccccc21. The maximum atomic E-state index is 12.0. The van der Waals surface area contributed by atoms with Crippen LogP contribution in [0.2, 0.25) is 0 Å². The van der Waals surface area contributed by atoms with Gasteiger partial charge in [-0.2, -0.15) is 0 Å². The highest BCUT2D eigenvalue weighted by Crippen LogP contribution is 2.44. The lowest BCUT2D eigenvalue weighted by atomic mass is 9.66. The van der Waals surface area contributed by atoms with Crippen molar-refractivity contribution in [3.63, 3.8) is 0 Å². The molecule has 5 nitrogen and oxygen atoms in total. The number of carboxylic acid groups (broad SMARTS) is 1. The number of ether oxygens (including phenoxy) is 1. The van der Waals surface area contributed by atoms with Crippen LogP contribution in [0.25, 0.3) is 0 Å². The van der Waals surface area contributed by atoms with Gasteiger partial charge in [-0.25, -0.2) is 0 Å². The molecule has 0 aromatic heterocycles. The standard InChI is InChI=1S/C20H27NO4/c22-18(14-20(19(23)24)10-4-11-20)21-12-5-13-25-17-9-3-7-15-6-1-2-8-16(15)17/h1-2,6,8,17H,3-5,7,9-14H2,(H,21,22)(H,23,24). The highest BCUT2D eigenvalue weighted by atomic mass is 16.5. The van der Waals surface area contributed by atoms with Crippen molar-refractivity contribution in [1.82, 2.24) is 5.32 Å². The van der Waals surface area contributed by atoms with Crippen molar-refractivity contribution < 1.29 is 19.4 Å². The average molecular weight is 345 g/mol. The number of hydrogen-bond acceptors (Lipinski definition) is 3. The molecule has 1 fully saturated rings. The summed E-state index contributed by atoms with van der Waals surface area (Å²) in [5.74, 6) is -1.00. The topological polar surface area (TPSA) is 75.6 Å². The molecule has 2 aliphatic carbocycles. The molecule has 0 saturated heterocycles. The number of hydrogen-bond donors (Lipinski definition) is 2. The monoisotopic (exact) mass is 345 g/mol. The molecule has 5 heteroatoms. The summed E-state index contributed by atoms with van der Waals surface area (Å²) in [5.41, 5.74) is 1.87. The van der Waals surface area contributed by atoms with Gasteiger partial charge in [-0.1, -0.05) is 30.7 Å². The summed E-state index contributed by atoms with van der Waals surface area (Å²) in [5, 5.41) is 12.1. The number of carbonyl (C=O) groups excluding carboxylic acids is 1. The summed E-state index contributed by atoms with van der Waals surface area (Å²) >= 11 is 0. The van der Waals surface area contributed by atoms with Crippen molar-refractivity contribution in [2.45, 2.75) is 57.5 Å². The molecular weight excluding hydrogens is 318 g/mol. The van der Waals surface area contributed by atoms with E-state index in [9.17, 15) is 14.7 Å². The van der Waals surface area contributed by atoms with Crippen LogP contribution in [0.1, 0.15) is 62.2 Å². The van der Waals surface area contributed by atoms with E-state index in [0.717, 1.165) is 32.1 Å². The Labute approximate surface area is 148 Å². The predicted octanol–water partition coefficient (Wildman–Crippen LogP) is 3.23. The van der Waals surface area contributed by atoms with Gasteiger partial charge in [0, 0.05) is 19.6 Å². The number of aliphatic carboxylic acids is 1. The Morgan fingerprint density at radius 1 is 1.24 bits per heavy atom. The van der Waals surface area contributed by atoms with E-state index >= 15 is 0 Å². The normalized spacial score (nSPS) is 21.0. The third kappa shape index (κ3) is 4.21. The van der Waals surface area contributed by atoms with E-state index in [0.29, 0.717) is 26.0 Å². The Balaban J connectivity index is 1.36. The molecule has 25 heavy (non-hydrogen) atoms. The zero-order valence-corrected chi connectivity index (χ0v) is 14.6. The molecule has 1 amide bonds. The van der Waals surface area contributed by atoms with Gasteiger partial charge in [0.2, 0.25) is 5.91 Å². The van der Waals surface area contributed by atoms with Crippen LogP contribution in [0.3, 0.4) is 0 Å². The highest BCUT2D eigenvalue weighted by molar-refractivity contribution is 5.85. The minimum Gasteiger partial charge on any atom is -0.481 e. The second kappa shape index (κ2) is 8.00. The molecule has 2 aliphatic rings. The average Bonchev–Trinajstić information content (AvgIpc) is 2.57. The van der Waals surface area contributed by atoms with Crippen molar-refractivity contribution in [2.24, 2.45) is 5.41 Å². The molecule has 1 aromatic carbocycles. The summed E-state index contributed by atoms with van der Waals surface area (Å²) in [7, 11) is 0. The second-order valence-electron chi connectivity index (χ2n) is 7.27. The van der Waals surface area contributed by atoms with Gasteiger partial charge < -0.3 is 15.2 Å². The lowest BCUT2D eigenvalue weighted by Crippen LogP contribution is -2.42. The minimum atomic E-state index is -0.840. The number of benzene rings is 1. The van der Waals surface area contributed by atoms with Crippen molar-refractivity contribution in [1.29, 1.82) is 0 Å². The molecule has 136 valence electrons. The third-order valence-electron chi connectivity index (χ3n) is 5.54. The van der Waals surface area contributed by atoms with Gasteiger partial charge in [0.1, 0.15) is 0 Å². The van der Waals surface area contributed by atoms with Gasteiger partial charge >= 0.3 is 5.97 Å². The molecule has 3 rings (SSSR count). The fourth-order valence-electron chi connectivity index (χ4n) is 3.85. The Kier molecular flexibility index (Phi) is 5.74. The van der Waals surface area contributed by atoms with Crippen molar-refractivity contribution in [2.75, 3.05) is 13.2 Å². The first-order chi connectivity index (χ1) is 12.1. The molecule has 1 saturated carbocycles. The highest BCUT2D eigenvalue weighted by Gasteiger charge is 2.45. The summed E-state index contributed by atoms with van der Waals surface area (Å²) in [6.45, 7) is 1.13. The summed E-state index contributed by atoms with van der Waals surface area (Å²) < 4.78 is 6.02. The van der Waals surface area contributed by atoms with Gasteiger partial charge in [-0.05, 0) is 49.7 Å². The maximum Gasteiger partial charge on any atom is 0.310 e. The van der Waals surface area contributed by atoms with Crippen LogP contribution < -0.4 is 5.32 Å². The third-order valence-corrected chi connectivity index (χ3v) is 5.54. The van der Waals surface area contributed by atoms with Gasteiger partial charge in [-0.3, -0.25) is 9.59 Å². The number of rotatable bonds is 8. The quantitative estimate of drug-likeness (QED) is 0.709. The van der Waals surface area contributed by atoms with Gasteiger partial charge in [0.25, 0.3) is 0 Å². The molecule has 0 spiro atoms. The van der Waals surface area contributed by atoms with E-state index in [-0.39, 0.29) is 18.4 Å². The molecule has 1 aromatic rings. The van der Waals surface area contributed by atoms with Crippen molar-refractivity contribution >= 4 is 11.9 Å². The van der Waals surface area contributed by atoms with Crippen molar-refractivity contribution in [3.8, 4) is 0 Å². The second-order valence-corrected chi connectivity index (χ2v) is 7.27. The van der Waals surface area contributed by atoms with Crippen LogP contribution in [-0.4, -0.2) is 30.1 Å². The Bertz CT molecular complexity index is 624. The first-order valence-electron chi connectivity index (χ1n) is 9.30. The molecule has 0 heterocycles. The van der Waals surface area contributed by atoms with Crippen LogP contribution in [-0.2, 0) is 20.7 Å². The zero-order valence-electron chi connectivity index (χ0n) is 14.6. The fraction of sp³-hybridized carbons (Fsp3) is 0.600. The van der Waals surface area contributed by atoms with Crippen molar-refractivity contribution in [3.05, 3.63) is 35.4 Å². The number of carboxylic acids is 1. The van der Waals surface area contributed by atoms with E-state index in [2.05, 4.69) is 29.6 Å². The number of fused-ring (bicyclic) bond motifs is 1. The number of carbonyl (C=O) groups is 2. The Hall–Kier alpha value is -1.88. The van der Waals surface area contributed by atoms with E-state index < -0.39 is 11.4 Å². The number of amides is 1. The number of nitrogens with one attached hydrogen (secondary N) is 1. The van der Waals surface area contributed by atoms with E-state index in [1.54, 1.807) is 0 Å². The Morgan fingerprint density at radius 2 is 2.04 bits per heavy atom. The fourth-order valence-corrected chi connectivity index (χ4v) is 3.85. The molecule has 0 radical (unpaired) electrons. The smallest absolute Gasteiger partial charge is 0.310 e. The summed E-state index contributed by atoms with van der Waals surface area (Å²) in [6, 6.07) is 8.44. The van der Waals surface area contributed by atoms with Crippen LogP contribution in [0.15, 0.2) is 24.3 Å². The lowest BCUT2D eigenvalue weighted by molar-refractivity contribution is -0.157. The first kappa shape index (κ1) is 17.9. The summed E-state index contributed by atoms with van der Waals surface area (Å²) in [6.07, 6.45) is 6.43. The van der Waals surface area contributed by atoms with E-state index in [1.165, 1.54) is 11.1 Å². The zero-order chi connectivity index (χ0) is 17.7. The van der Waals surface area contributed by atoms with Gasteiger partial charge in [0.15, 0.2) is 0 Å². The summed E-state index contributed by atoms with van der Waals surface area (Å²) in [4.78, 5) is 23.3. The van der Waals surface area contributed by atoms with Crippen LogP contribution in [0, 0.1) is 5.41 Å². The first-order valence-corrected chi connectivity index (χ1v) is 9.30. The lowest BCUT2D eigenvalue weighted by Gasteiger charge is -2.36. The van der Waals surface area contributed by atoms with Crippen LogP contribution in [0.5, 0.6) is 0 Å². The number of aryl methyl sites for hydroxylation is 1. The largest absolute Gasteiger partial charge is 0.481 e. The molecule has 1 unspecified atom stereocenters.